The Bertz CT molecular complexity index is 1010. The normalized spacial score (nSPS) is 9.67. The van der Waals surface area contributed by atoms with Gasteiger partial charge in [-0.3, -0.25) is 4.79 Å². The zero-order valence-corrected chi connectivity index (χ0v) is 19.3. The number of aldehydes is 1. The van der Waals surface area contributed by atoms with Crippen molar-refractivity contribution in [2.75, 3.05) is 0 Å². The number of carbonyl (C=O) groups excluding carboxylic acids is 3. The molecule has 0 saturated carbocycles. The maximum Gasteiger partial charge on any atom is 0.416 e. The summed E-state index contributed by atoms with van der Waals surface area (Å²) in [5, 5.41) is 0. The SMILES string of the molecule is C=O.CC=O.Cc1ccc(CC(=O)c2ccccc2)cc1C.Cc1cccc(C(F)(F)F)c1.[HH].[HH]. The van der Waals surface area contributed by atoms with Gasteiger partial charge >= 0.3 is 6.18 Å². The molecule has 3 nitrogen and oxygen atoms in total. The van der Waals surface area contributed by atoms with Crippen molar-refractivity contribution in [3.05, 3.63) is 106 Å². The number of benzene rings is 3. The number of hydrogen-bond donors (Lipinski definition) is 0. The summed E-state index contributed by atoms with van der Waals surface area (Å²) in [5.74, 6) is 0.175. The molecule has 180 valence electrons. The molecule has 0 aliphatic carbocycles. The van der Waals surface area contributed by atoms with E-state index in [2.05, 4.69) is 26.0 Å². The van der Waals surface area contributed by atoms with Crippen LogP contribution < -0.4 is 0 Å². The Labute approximate surface area is 196 Å². The van der Waals surface area contributed by atoms with Crippen molar-refractivity contribution in [3.63, 3.8) is 0 Å². The quantitative estimate of drug-likeness (QED) is 0.304. The lowest BCUT2D eigenvalue weighted by molar-refractivity contribution is -0.137. The molecule has 0 aliphatic heterocycles. The summed E-state index contributed by atoms with van der Waals surface area (Å²) in [6.07, 6.45) is -2.99. The van der Waals surface area contributed by atoms with Crippen LogP contribution in [0.5, 0.6) is 0 Å². The van der Waals surface area contributed by atoms with Crippen molar-refractivity contribution < 1.29 is 30.4 Å². The lowest BCUT2D eigenvalue weighted by Gasteiger charge is -2.05. The third-order valence-electron chi connectivity index (χ3n) is 4.38. The summed E-state index contributed by atoms with van der Waals surface area (Å²) in [6.45, 7) is 9.24. The van der Waals surface area contributed by atoms with Gasteiger partial charge in [0, 0.05) is 14.8 Å². The van der Waals surface area contributed by atoms with E-state index in [0.29, 0.717) is 12.0 Å². The largest absolute Gasteiger partial charge is 0.416 e. The minimum atomic E-state index is -4.22. The molecule has 0 aliphatic rings. The lowest BCUT2D eigenvalue weighted by atomic mass is 10.00. The second kappa shape index (κ2) is 15.3. The molecular formula is C27H33F3O3. The lowest BCUT2D eigenvalue weighted by Crippen LogP contribution is -2.04. The first-order chi connectivity index (χ1) is 15.6. The third-order valence-corrected chi connectivity index (χ3v) is 4.38. The van der Waals surface area contributed by atoms with Gasteiger partial charge in [0.05, 0.1) is 5.56 Å². The Morgan fingerprint density at radius 3 is 1.91 bits per heavy atom. The van der Waals surface area contributed by atoms with Gasteiger partial charge in [0.25, 0.3) is 0 Å². The molecule has 3 rings (SSSR count). The van der Waals surface area contributed by atoms with Crippen LogP contribution in [-0.4, -0.2) is 18.9 Å². The molecule has 0 N–H and O–H groups in total. The Morgan fingerprint density at radius 2 is 1.45 bits per heavy atom. The number of ketones is 1. The van der Waals surface area contributed by atoms with Crippen LogP contribution in [0, 0.1) is 20.8 Å². The smallest absolute Gasteiger partial charge is 0.307 e. The molecule has 0 unspecified atom stereocenters. The van der Waals surface area contributed by atoms with Crippen molar-refractivity contribution in [2.45, 2.75) is 40.3 Å². The molecule has 0 fully saturated rings. The van der Waals surface area contributed by atoms with Gasteiger partial charge in [-0.2, -0.15) is 13.2 Å². The van der Waals surface area contributed by atoms with E-state index in [0.717, 1.165) is 29.5 Å². The second-order valence-electron chi connectivity index (χ2n) is 6.99. The summed E-state index contributed by atoms with van der Waals surface area (Å²) in [5.41, 5.74) is 4.41. The van der Waals surface area contributed by atoms with Crippen LogP contribution in [0.4, 0.5) is 13.2 Å². The van der Waals surface area contributed by atoms with Crippen molar-refractivity contribution in [3.8, 4) is 0 Å². The predicted octanol–water partition coefficient (Wildman–Crippen LogP) is 7.25. The fourth-order valence-corrected chi connectivity index (χ4v) is 2.65. The summed E-state index contributed by atoms with van der Waals surface area (Å²) >= 11 is 0. The van der Waals surface area contributed by atoms with Crippen molar-refractivity contribution >= 4 is 18.9 Å². The van der Waals surface area contributed by atoms with E-state index >= 15 is 0 Å². The number of alkyl halides is 3. The van der Waals surface area contributed by atoms with Gasteiger partial charge < -0.3 is 9.59 Å². The fraction of sp³-hybridized carbons (Fsp3) is 0.222. The van der Waals surface area contributed by atoms with E-state index in [-0.39, 0.29) is 8.64 Å². The van der Waals surface area contributed by atoms with Crippen LogP contribution in [0.3, 0.4) is 0 Å². The molecule has 0 heterocycles. The Kier molecular flexibility index (Phi) is 13.7. The second-order valence-corrected chi connectivity index (χ2v) is 6.99. The molecule has 0 bridgehead atoms. The van der Waals surface area contributed by atoms with E-state index in [1.165, 1.54) is 24.1 Å². The van der Waals surface area contributed by atoms with Crippen LogP contribution in [-0.2, 0) is 22.2 Å². The van der Waals surface area contributed by atoms with Crippen molar-refractivity contribution in [2.24, 2.45) is 0 Å². The summed E-state index contributed by atoms with van der Waals surface area (Å²) in [6, 6.07) is 20.9. The van der Waals surface area contributed by atoms with Crippen LogP contribution in [0.25, 0.3) is 0 Å². The zero-order valence-electron chi connectivity index (χ0n) is 19.3. The minimum Gasteiger partial charge on any atom is -0.307 e. The maximum atomic E-state index is 12.0. The minimum absolute atomic E-state index is 0. The number of Topliss-reactive ketones (excluding diaryl/α,β-unsaturated/α-hetero) is 1. The molecule has 0 radical (unpaired) electrons. The van der Waals surface area contributed by atoms with Gasteiger partial charge in [-0.15, -0.1) is 0 Å². The average Bonchev–Trinajstić information content (AvgIpc) is 2.79. The number of hydrogen-bond acceptors (Lipinski definition) is 3. The number of aryl methyl sites for hydroxylation is 3. The Hall–Kier alpha value is -3.54. The van der Waals surface area contributed by atoms with Crippen LogP contribution >= 0.6 is 0 Å². The molecule has 0 saturated heterocycles. The molecule has 0 aromatic heterocycles. The molecule has 3 aromatic rings. The Balaban J connectivity index is -0.000000496. The van der Waals surface area contributed by atoms with Crippen LogP contribution in [0.2, 0.25) is 0 Å². The van der Waals surface area contributed by atoms with E-state index in [4.69, 9.17) is 9.59 Å². The topological polar surface area (TPSA) is 51.2 Å². The van der Waals surface area contributed by atoms with E-state index < -0.39 is 11.7 Å². The fourth-order valence-electron chi connectivity index (χ4n) is 2.65. The van der Waals surface area contributed by atoms with Gasteiger partial charge in [0.15, 0.2) is 5.78 Å². The van der Waals surface area contributed by atoms with Gasteiger partial charge in [-0.1, -0.05) is 72.3 Å². The Morgan fingerprint density at radius 1 is 0.879 bits per heavy atom. The van der Waals surface area contributed by atoms with E-state index in [9.17, 15) is 18.0 Å². The highest BCUT2D eigenvalue weighted by molar-refractivity contribution is 5.97. The average molecular weight is 463 g/mol. The van der Waals surface area contributed by atoms with Crippen molar-refractivity contribution in [1.82, 2.24) is 0 Å². The number of carbonyl (C=O) groups is 3. The first-order valence-electron chi connectivity index (χ1n) is 10.0. The first-order valence-corrected chi connectivity index (χ1v) is 10.0. The molecule has 0 amide bonds. The molecule has 0 atom stereocenters. The van der Waals surface area contributed by atoms with E-state index in [1.54, 1.807) is 13.0 Å². The van der Waals surface area contributed by atoms with Gasteiger partial charge in [0.1, 0.15) is 13.1 Å². The standard InChI is InChI=1S/C16H16O.C8H7F3.C2H4O.CH2O.2H2/c1-12-8-9-14(10-13(12)2)11-16(17)15-6-4-3-5-7-15;1-6-3-2-4-7(5-6)8(9,10)11;1-2-3;1-2;;/h3-10H,11H2,1-2H3;2-5H,1H3;2H,1H3;1H2;2*1H. The number of halogens is 3. The maximum absolute atomic E-state index is 12.0. The van der Waals surface area contributed by atoms with Gasteiger partial charge in [-0.05, 0) is 50.5 Å². The summed E-state index contributed by atoms with van der Waals surface area (Å²) in [4.78, 5) is 28.8. The molecule has 3 aromatic carbocycles. The number of rotatable bonds is 3. The highest BCUT2D eigenvalue weighted by Gasteiger charge is 2.29. The highest BCUT2D eigenvalue weighted by atomic mass is 19.4. The van der Waals surface area contributed by atoms with Gasteiger partial charge in [-0.25, -0.2) is 0 Å². The van der Waals surface area contributed by atoms with E-state index in [1.807, 2.05) is 43.2 Å². The molecule has 33 heavy (non-hydrogen) atoms. The van der Waals surface area contributed by atoms with Gasteiger partial charge in [0.2, 0.25) is 0 Å². The van der Waals surface area contributed by atoms with Crippen LogP contribution in [0.15, 0.2) is 72.8 Å². The molecular weight excluding hydrogens is 429 g/mol. The first kappa shape index (κ1) is 29.5. The van der Waals surface area contributed by atoms with Crippen LogP contribution in [0.1, 0.15) is 48.0 Å². The highest BCUT2D eigenvalue weighted by Crippen LogP contribution is 2.29. The monoisotopic (exact) mass is 462 g/mol. The zero-order chi connectivity index (χ0) is 25.4. The summed E-state index contributed by atoms with van der Waals surface area (Å²) in [7, 11) is 0. The third kappa shape index (κ3) is 11.6. The van der Waals surface area contributed by atoms with Crippen molar-refractivity contribution in [1.29, 1.82) is 0 Å². The summed E-state index contributed by atoms with van der Waals surface area (Å²) < 4.78 is 35.9. The molecule has 0 spiro atoms. The molecule has 6 heteroatoms. The predicted molar refractivity (Wildman–Crippen MR) is 130 cm³/mol.